The van der Waals surface area contributed by atoms with E-state index < -0.39 is 12.0 Å². The van der Waals surface area contributed by atoms with E-state index in [1.54, 1.807) is 42.5 Å². The number of carbonyl (C=O) groups excluding carboxylic acids is 1. The molecule has 3 aromatic rings. The summed E-state index contributed by atoms with van der Waals surface area (Å²) in [6, 6.07) is 15.9. The van der Waals surface area contributed by atoms with Gasteiger partial charge in [0.05, 0.1) is 16.3 Å². The Labute approximate surface area is 170 Å². The predicted octanol–water partition coefficient (Wildman–Crippen LogP) is 4.54. The van der Waals surface area contributed by atoms with Crippen LogP contribution in [0.2, 0.25) is 10.0 Å². The highest BCUT2D eigenvalue weighted by Gasteiger charge is 2.27. The Morgan fingerprint density at radius 2 is 1.89 bits per heavy atom. The molecule has 4 rings (SSSR count). The fourth-order valence-corrected chi connectivity index (χ4v) is 2.91. The lowest BCUT2D eigenvalue weighted by molar-refractivity contribution is -0.130. The van der Waals surface area contributed by atoms with Gasteiger partial charge in [0.1, 0.15) is 18.1 Å². The average Bonchev–Trinajstić information content (AvgIpc) is 3.18. The van der Waals surface area contributed by atoms with Gasteiger partial charge in [0.25, 0.3) is 5.91 Å². The van der Waals surface area contributed by atoms with E-state index in [1.807, 2.05) is 12.1 Å². The summed E-state index contributed by atoms with van der Waals surface area (Å²) in [6.07, 6.45) is 0.617. The SMILES string of the molecule is O=C(N/N=C\c1ccc(-c2ccc(Cl)c(Cl)c2)o1)[C@H]1COc2ccccc2O1. The van der Waals surface area contributed by atoms with Gasteiger partial charge in [-0.1, -0.05) is 35.3 Å². The number of furan rings is 1. The van der Waals surface area contributed by atoms with E-state index in [1.165, 1.54) is 6.21 Å². The molecule has 8 heteroatoms. The summed E-state index contributed by atoms with van der Waals surface area (Å²) in [5.74, 6) is 1.79. The zero-order valence-electron chi connectivity index (χ0n) is 14.4. The molecule has 2 aromatic carbocycles. The first-order valence-electron chi connectivity index (χ1n) is 8.37. The number of carbonyl (C=O) groups is 1. The summed E-state index contributed by atoms with van der Waals surface area (Å²) in [5, 5.41) is 4.82. The van der Waals surface area contributed by atoms with Gasteiger partial charge in [-0.15, -0.1) is 0 Å². The van der Waals surface area contributed by atoms with Crippen molar-refractivity contribution in [3.05, 3.63) is 70.4 Å². The number of nitrogens with one attached hydrogen (secondary N) is 1. The number of rotatable bonds is 4. The molecule has 1 aliphatic heterocycles. The molecule has 142 valence electrons. The monoisotopic (exact) mass is 416 g/mol. The molecule has 0 bridgehead atoms. The second-order valence-corrected chi connectivity index (χ2v) is 6.74. The van der Waals surface area contributed by atoms with E-state index in [4.69, 9.17) is 37.1 Å². The minimum atomic E-state index is -0.782. The lowest BCUT2D eigenvalue weighted by Crippen LogP contribution is -2.42. The number of para-hydroxylation sites is 2. The quantitative estimate of drug-likeness (QED) is 0.500. The molecule has 1 aliphatic rings. The molecule has 0 radical (unpaired) electrons. The third-order valence-electron chi connectivity index (χ3n) is 4.00. The second kappa shape index (κ2) is 7.96. The number of amides is 1. The van der Waals surface area contributed by atoms with Crippen molar-refractivity contribution < 1.29 is 18.7 Å². The number of nitrogens with zero attached hydrogens (tertiary/aromatic N) is 1. The van der Waals surface area contributed by atoms with Gasteiger partial charge in [-0.25, -0.2) is 5.43 Å². The van der Waals surface area contributed by atoms with Gasteiger partial charge in [-0.2, -0.15) is 5.10 Å². The first-order valence-corrected chi connectivity index (χ1v) is 9.12. The summed E-state index contributed by atoms with van der Waals surface area (Å²) in [7, 11) is 0. The summed E-state index contributed by atoms with van der Waals surface area (Å²) in [5.41, 5.74) is 3.21. The lowest BCUT2D eigenvalue weighted by Gasteiger charge is -2.24. The topological polar surface area (TPSA) is 73.1 Å². The number of hydrogen-bond acceptors (Lipinski definition) is 5. The molecule has 0 spiro atoms. The van der Waals surface area contributed by atoms with E-state index in [9.17, 15) is 4.79 Å². The second-order valence-electron chi connectivity index (χ2n) is 5.93. The molecule has 0 unspecified atom stereocenters. The molecular weight excluding hydrogens is 403 g/mol. The fourth-order valence-electron chi connectivity index (χ4n) is 2.61. The molecule has 28 heavy (non-hydrogen) atoms. The Kier molecular flexibility index (Phi) is 5.23. The van der Waals surface area contributed by atoms with Crippen LogP contribution in [0.4, 0.5) is 0 Å². The minimum Gasteiger partial charge on any atom is -0.485 e. The largest absolute Gasteiger partial charge is 0.485 e. The molecule has 0 saturated heterocycles. The molecular formula is C20H14Cl2N2O4. The lowest BCUT2D eigenvalue weighted by atomic mass is 10.2. The number of ether oxygens (including phenoxy) is 2. The van der Waals surface area contributed by atoms with Crippen molar-refractivity contribution >= 4 is 35.3 Å². The highest BCUT2D eigenvalue weighted by Crippen LogP contribution is 2.31. The van der Waals surface area contributed by atoms with Crippen LogP contribution in [0.3, 0.4) is 0 Å². The standard InChI is InChI=1S/C20H14Cl2N2O4/c21-14-7-5-12(9-15(14)22)16-8-6-13(27-16)10-23-24-20(25)19-11-26-17-3-1-2-4-18(17)28-19/h1-10,19H,11H2,(H,24,25)/b23-10-/t19-/m1/s1. The Morgan fingerprint density at radius 1 is 1.07 bits per heavy atom. The first kappa shape index (κ1) is 18.4. The van der Waals surface area contributed by atoms with E-state index in [2.05, 4.69) is 10.5 Å². The maximum Gasteiger partial charge on any atom is 0.284 e. The molecule has 1 amide bonds. The van der Waals surface area contributed by atoms with Crippen molar-refractivity contribution in [3.8, 4) is 22.8 Å². The highest BCUT2D eigenvalue weighted by atomic mass is 35.5. The van der Waals surface area contributed by atoms with Gasteiger partial charge in [-0.05, 0) is 42.5 Å². The maximum atomic E-state index is 12.2. The van der Waals surface area contributed by atoms with Crippen LogP contribution in [0.15, 0.2) is 64.1 Å². The molecule has 1 atom stereocenters. The van der Waals surface area contributed by atoms with Crippen molar-refractivity contribution in [2.45, 2.75) is 6.10 Å². The summed E-state index contributed by atoms with van der Waals surface area (Å²) in [6.45, 7) is 0.112. The van der Waals surface area contributed by atoms with E-state index in [-0.39, 0.29) is 6.61 Å². The molecule has 1 aromatic heterocycles. The summed E-state index contributed by atoms with van der Waals surface area (Å²) < 4.78 is 16.8. The Hall–Kier alpha value is -2.96. The molecule has 6 nitrogen and oxygen atoms in total. The molecule has 0 fully saturated rings. The van der Waals surface area contributed by atoms with Crippen molar-refractivity contribution in [1.29, 1.82) is 0 Å². The number of halogens is 2. The zero-order chi connectivity index (χ0) is 19.5. The van der Waals surface area contributed by atoms with Crippen molar-refractivity contribution in [1.82, 2.24) is 5.43 Å². The van der Waals surface area contributed by atoms with Crippen LogP contribution in [0.1, 0.15) is 5.76 Å². The average molecular weight is 417 g/mol. The smallest absolute Gasteiger partial charge is 0.284 e. The van der Waals surface area contributed by atoms with Crippen LogP contribution in [-0.4, -0.2) is 24.8 Å². The number of fused-ring (bicyclic) bond motifs is 1. The van der Waals surface area contributed by atoms with Gasteiger partial charge < -0.3 is 13.9 Å². The Morgan fingerprint density at radius 3 is 2.71 bits per heavy atom. The first-order chi connectivity index (χ1) is 13.6. The van der Waals surface area contributed by atoms with Crippen LogP contribution < -0.4 is 14.9 Å². The molecule has 0 aliphatic carbocycles. The summed E-state index contributed by atoms with van der Waals surface area (Å²) >= 11 is 11.9. The van der Waals surface area contributed by atoms with Crippen LogP contribution in [0, 0.1) is 0 Å². The number of benzene rings is 2. The van der Waals surface area contributed by atoms with E-state index in [0.29, 0.717) is 33.1 Å². The molecule has 1 N–H and O–H groups in total. The highest BCUT2D eigenvalue weighted by molar-refractivity contribution is 6.42. The zero-order valence-corrected chi connectivity index (χ0v) is 15.9. The van der Waals surface area contributed by atoms with Gasteiger partial charge in [0, 0.05) is 5.56 Å². The van der Waals surface area contributed by atoms with Crippen molar-refractivity contribution in [3.63, 3.8) is 0 Å². The van der Waals surface area contributed by atoms with Crippen LogP contribution in [-0.2, 0) is 4.79 Å². The number of hydrazone groups is 1. The Balaban J connectivity index is 1.37. The van der Waals surface area contributed by atoms with Gasteiger partial charge in [0.2, 0.25) is 6.10 Å². The fraction of sp³-hybridized carbons (Fsp3) is 0.100. The van der Waals surface area contributed by atoms with Crippen LogP contribution >= 0.6 is 23.2 Å². The van der Waals surface area contributed by atoms with Gasteiger partial charge >= 0.3 is 0 Å². The van der Waals surface area contributed by atoms with Gasteiger partial charge in [-0.3, -0.25) is 4.79 Å². The third kappa shape index (κ3) is 3.98. The molecule has 0 saturated carbocycles. The normalized spacial score (nSPS) is 15.6. The summed E-state index contributed by atoms with van der Waals surface area (Å²) in [4.78, 5) is 12.2. The minimum absolute atomic E-state index is 0.112. The maximum absolute atomic E-state index is 12.2. The van der Waals surface area contributed by atoms with Crippen molar-refractivity contribution in [2.75, 3.05) is 6.61 Å². The van der Waals surface area contributed by atoms with Gasteiger partial charge in [0.15, 0.2) is 11.5 Å². The predicted molar refractivity (Wildman–Crippen MR) is 106 cm³/mol. The third-order valence-corrected chi connectivity index (χ3v) is 4.74. The van der Waals surface area contributed by atoms with Crippen LogP contribution in [0.25, 0.3) is 11.3 Å². The molecule has 2 heterocycles. The number of hydrogen-bond donors (Lipinski definition) is 1. The Bertz CT molecular complexity index is 1050. The van der Waals surface area contributed by atoms with Crippen molar-refractivity contribution in [2.24, 2.45) is 5.10 Å². The van der Waals surface area contributed by atoms with E-state index in [0.717, 1.165) is 5.56 Å². The van der Waals surface area contributed by atoms with E-state index >= 15 is 0 Å². The van der Waals surface area contributed by atoms with Crippen LogP contribution in [0.5, 0.6) is 11.5 Å².